The average molecular weight is 491 g/mol. The quantitative estimate of drug-likeness (QED) is 0.297. The molecule has 5 rings (SSSR count). The molecule has 0 amide bonds. The van der Waals surface area contributed by atoms with E-state index in [9.17, 15) is 0 Å². The predicted molar refractivity (Wildman–Crippen MR) is 149 cm³/mol. The SMILES string of the molecule is CCCC1CCC(c2ccc(C3CCC(COc4cc5ccc(OCC)cc5s4)CC3)cc2)CC1. The van der Waals surface area contributed by atoms with Gasteiger partial charge in [0.25, 0.3) is 0 Å². The second-order valence-corrected chi connectivity index (χ2v) is 11.9. The Morgan fingerprint density at radius 3 is 1.94 bits per heavy atom. The average Bonchev–Trinajstić information content (AvgIpc) is 3.31. The summed E-state index contributed by atoms with van der Waals surface area (Å²) in [6, 6.07) is 18.3. The topological polar surface area (TPSA) is 18.5 Å². The van der Waals surface area contributed by atoms with Crippen molar-refractivity contribution in [2.75, 3.05) is 13.2 Å². The zero-order valence-electron chi connectivity index (χ0n) is 21.6. The number of hydrogen-bond acceptors (Lipinski definition) is 3. The van der Waals surface area contributed by atoms with Crippen LogP contribution in [0.1, 0.15) is 101 Å². The summed E-state index contributed by atoms with van der Waals surface area (Å²) in [5, 5.41) is 2.28. The maximum atomic E-state index is 6.25. The molecule has 0 atom stereocenters. The first-order valence-electron chi connectivity index (χ1n) is 14.1. The van der Waals surface area contributed by atoms with Crippen LogP contribution in [0.5, 0.6) is 10.8 Å². The van der Waals surface area contributed by atoms with Gasteiger partial charge in [0.1, 0.15) is 5.75 Å². The maximum Gasteiger partial charge on any atom is 0.174 e. The molecule has 2 aromatic carbocycles. The van der Waals surface area contributed by atoms with Crippen LogP contribution in [0.2, 0.25) is 0 Å². The number of benzene rings is 2. The normalized spacial score (nSPS) is 25.0. The van der Waals surface area contributed by atoms with Gasteiger partial charge in [0, 0.05) is 4.70 Å². The van der Waals surface area contributed by atoms with Gasteiger partial charge < -0.3 is 9.47 Å². The molecule has 0 bridgehead atoms. The summed E-state index contributed by atoms with van der Waals surface area (Å²) in [6.45, 7) is 5.90. The molecule has 2 aliphatic rings. The number of rotatable bonds is 9. The Morgan fingerprint density at radius 1 is 0.714 bits per heavy atom. The molecule has 35 heavy (non-hydrogen) atoms. The zero-order valence-corrected chi connectivity index (χ0v) is 22.5. The minimum atomic E-state index is 0.674. The summed E-state index contributed by atoms with van der Waals surface area (Å²) < 4.78 is 13.1. The summed E-state index contributed by atoms with van der Waals surface area (Å²) >= 11 is 1.74. The highest BCUT2D eigenvalue weighted by Crippen LogP contribution is 2.40. The molecule has 0 aliphatic heterocycles. The standard InChI is InChI=1S/C32H42O2S/c1-3-5-23-6-10-25(11-7-23)27-14-16-28(17-15-27)26-12-8-24(9-13-26)22-34-32-20-29-18-19-30(33-4-2)21-31(29)35-32/h14-21,23-26H,3-13,22H2,1-2H3. The monoisotopic (exact) mass is 490 g/mol. The third kappa shape index (κ3) is 6.23. The molecular weight excluding hydrogens is 448 g/mol. The second kappa shape index (κ2) is 11.8. The van der Waals surface area contributed by atoms with Crippen molar-refractivity contribution in [3.63, 3.8) is 0 Å². The molecule has 0 N–H and O–H groups in total. The molecule has 2 fully saturated rings. The first kappa shape index (κ1) is 24.7. The summed E-state index contributed by atoms with van der Waals surface area (Å²) in [4.78, 5) is 0. The van der Waals surface area contributed by atoms with Gasteiger partial charge in [-0.25, -0.2) is 0 Å². The summed E-state index contributed by atoms with van der Waals surface area (Å²) in [5.74, 6) is 4.13. The van der Waals surface area contributed by atoms with Crippen molar-refractivity contribution in [2.45, 2.75) is 89.9 Å². The van der Waals surface area contributed by atoms with E-state index in [1.165, 1.54) is 74.3 Å². The van der Waals surface area contributed by atoms with Gasteiger partial charge in [-0.2, -0.15) is 0 Å². The lowest BCUT2D eigenvalue weighted by Crippen LogP contribution is -2.19. The van der Waals surface area contributed by atoms with E-state index in [0.717, 1.165) is 35.2 Å². The molecule has 3 heteroatoms. The van der Waals surface area contributed by atoms with Crippen LogP contribution in [0.15, 0.2) is 48.5 Å². The number of hydrogen-bond donors (Lipinski definition) is 0. The van der Waals surface area contributed by atoms with Crippen LogP contribution in [0, 0.1) is 11.8 Å². The molecule has 0 unspecified atom stereocenters. The molecule has 0 radical (unpaired) electrons. The molecule has 0 spiro atoms. The molecule has 1 heterocycles. The Bertz CT molecular complexity index is 1050. The number of thiophene rings is 1. The lowest BCUT2D eigenvalue weighted by molar-refractivity contribution is 0.204. The van der Waals surface area contributed by atoms with Gasteiger partial charge in [0.05, 0.1) is 13.2 Å². The van der Waals surface area contributed by atoms with Gasteiger partial charge in [-0.3, -0.25) is 0 Å². The summed E-state index contributed by atoms with van der Waals surface area (Å²) in [6.07, 6.45) is 13.5. The molecular formula is C32H42O2S. The lowest BCUT2D eigenvalue weighted by atomic mass is 9.76. The van der Waals surface area contributed by atoms with Gasteiger partial charge in [-0.05, 0) is 123 Å². The van der Waals surface area contributed by atoms with Gasteiger partial charge in [0.2, 0.25) is 0 Å². The third-order valence-electron chi connectivity index (χ3n) is 8.51. The van der Waals surface area contributed by atoms with Crippen molar-refractivity contribution < 1.29 is 9.47 Å². The zero-order chi connectivity index (χ0) is 24.0. The van der Waals surface area contributed by atoms with E-state index in [2.05, 4.69) is 49.4 Å². The van der Waals surface area contributed by atoms with Crippen molar-refractivity contribution in [2.24, 2.45) is 11.8 Å². The summed E-state index contributed by atoms with van der Waals surface area (Å²) in [5.41, 5.74) is 3.14. The first-order valence-corrected chi connectivity index (χ1v) is 14.9. The fourth-order valence-electron chi connectivity index (χ4n) is 6.41. The Kier molecular flexibility index (Phi) is 8.34. The first-order chi connectivity index (χ1) is 17.2. The van der Waals surface area contributed by atoms with Gasteiger partial charge >= 0.3 is 0 Å². The smallest absolute Gasteiger partial charge is 0.174 e. The minimum absolute atomic E-state index is 0.674. The molecule has 0 saturated heterocycles. The van der Waals surface area contributed by atoms with E-state index in [0.29, 0.717) is 12.5 Å². The molecule has 2 aliphatic carbocycles. The van der Waals surface area contributed by atoms with Crippen molar-refractivity contribution >= 4 is 21.4 Å². The Morgan fingerprint density at radius 2 is 1.34 bits per heavy atom. The van der Waals surface area contributed by atoms with Crippen LogP contribution in [0.3, 0.4) is 0 Å². The fraction of sp³-hybridized carbons (Fsp3) is 0.562. The van der Waals surface area contributed by atoms with Gasteiger partial charge in [-0.15, -0.1) is 0 Å². The van der Waals surface area contributed by atoms with Crippen LogP contribution in [0.25, 0.3) is 10.1 Å². The molecule has 3 aromatic rings. The van der Waals surface area contributed by atoms with E-state index in [-0.39, 0.29) is 0 Å². The highest BCUT2D eigenvalue weighted by Gasteiger charge is 2.25. The van der Waals surface area contributed by atoms with Crippen LogP contribution in [-0.2, 0) is 0 Å². The van der Waals surface area contributed by atoms with Crippen molar-refractivity contribution in [3.05, 3.63) is 59.7 Å². The van der Waals surface area contributed by atoms with E-state index in [1.54, 1.807) is 22.5 Å². The van der Waals surface area contributed by atoms with Crippen LogP contribution in [0.4, 0.5) is 0 Å². The van der Waals surface area contributed by atoms with Crippen LogP contribution >= 0.6 is 11.3 Å². The van der Waals surface area contributed by atoms with E-state index >= 15 is 0 Å². The number of fused-ring (bicyclic) bond motifs is 1. The highest BCUT2D eigenvalue weighted by molar-refractivity contribution is 7.20. The molecule has 2 nitrogen and oxygen atoms in total. The predicted octanol–water partition coefficient (Wildman–Crippen LogP) is 9.73. The molecule has 1 aromatic heterocycles. The third-order valence-corrected chi connectivity index (χ3v) is 9.52. The van der Waals surface area contributed by atoms with Crippen molar-refractivity contribution in [1.29, 1.82) is 0 Å². The van der Waals surface area contributed by atoms with Crippen molar-refractivity contribution in [1.82, 2.24) is 0 Å². The summed E-state index contributed by atoms with van der Waals surface area (Å²) in [7, 11) is 0. The maximum absolute atomic E-state index is 6.25. The Hall–Kier alpha value is -2.00. The second-order valence-electron chi connectivity index (χ2n) is 10.9. The Balaban J connectivity index is 1.08. The Labute approximate surface area is 216 Å². The van der Waals surface area contributed by atoms with Gasteiger partial charge in [-0.1, -0.05) is 55.4 Å². The fourth-order valence-corrected chi connectivity index (χ4v) is 7.36. The highest BCUT2D eigenvalue weighted by atomic mass is 32.1. The van der Waals surface area contributed by atoms with Crippen molar-refractivity contribution in [3.8, 4) is 10.8 Å². The van der Waals surface area contributed by atoms with Crippen LogP contribution in [-0.4, -0.2) is 13.2 Å². The van der Waals surface area contributed by atoms with Crippen LogP contribution < -0.4 is 9.47 Å². The van der Waals surface area contributed by atoms with Gasteiger partial charge in [0.15, 0.2) is 5.06 Å². The largest absolute Gasteiger partial charge is 0.494 e. The molecule has 2 saturated carbocycles. The number of ether oxygens (including phenoxy) is 2. The van der Waals surface area contributed by atoms with E-state index in [1.807, 2.05) is 13.0 Å². The van der Waals surface area contributed by atoms with E-state index < -0.39 is 0 Å². The minimum Gasteiger partial charge on any atom is -0.494 e. The lowest BCUT2D eigenvalue weighted by Gasteiger charge is -2.30. The van der Waals surface area contributed by atoms with E-state index in [4.69, 9.17) is 9.47 Å². The molecule has 188 valence electrons.